The van der Waals surface area contributed by atoms with Gasteiger partial charge in [-0.05, 0) is 51.1 Å². The summed E-state index contributed by atoms with van der Waals surface area (Å²) in [7, 11) is 0. The molecule has 1 fully saturated rings. The Morgan fingerprint density at radius 1 is 1.14 bits per heavy atom. The van der Waals surface area contributed by atoms with E-state index in [0.717, 1.165) is 10.2 Å². The molecule has 9 heteroatoms. The highest BCUT2D eigenvalue weighted by Gasteiger charge is 2.30. The molecule has 0 saturated carbocycles. The highest BCUT2D eigenvalue weighted by molar-refractivity contribution is 9.10. The molecular formula is C20H24BrN5O3. The molecule has 29 heavy (non-hydrogen) atoms. The fourth-order valence-electron chi connectivity index (χ4n) is 2.75. The first-order chi connectivity index (χ1) is 13.7. The third-order valence-electron chi connectivity index (χ3n) is 4.05. The van der Waals surface area contributed by atoms with Gasteiger partial charge in [0.05, 0.1) is 6.04 Å². The second-order valence-electron chi connectivity index (χ2n) is 7.73. The van der Waals surface area contributed by atoms with Gasteiger partial charge in [-0.15, -0.1) is 0 Å². The molecule has 1 saturated heterocycles. The maximum Gasteiger partial charge on any atom is 0.407 e. The van der Waals surface area contributed by atoms with Crippen LogP contribution in [0.25, 0.3) is 0 Å². The second-order valence-corrected chi connectivity index (χ2v) is 8.65. The zero-order valence-electron chi connectivity index (χ0n) is 16.5. The number of aromatic nitrogens is 1. The highest BCUT2D eigenvalue weighted by Crippen LogP contribution is 2.23. The summed E-state index contributed by atoms with van der Waals surface area (Å²) in [6, 6.07) is 10.6. The van der Waals surface area contributed by atoms with Crippen LogP contribution < -0.4 is 20.9 Å². The maximum absolute atomic E-state index is 12.2. The predicted molar refractivity (Wildman–Crippen MR) is 116 cm³/mol. The van der Waals surface area contributed by atoms with Crippen molar-refractivity contribution in [3.05, 3.63) is 47.1 Å². The smallest absolute Gasteiger partial charge is 0.407 e. The standard InChI is InChI=1S/C20H24BrN5O3/c1-20(2,3)29-19(28)24-15-11-26(12-15)16-8-9-22-17(10-16)25-18(27)23-14-6-4-13(21)5-7-14/h4-10,15H,11-12H2,1-3H3,(H,24,28)(H2,22,23,25,27). The molecule has 2 heterocycles. The van der Waals surface area contributed by atoms with E-state index in [4.69, 9.17) is 4.74 Å². The van der Waals surface area contributed by atoms with Gasteiger partial charge in [0, 0.05) is 41.2 Å². The van der Waals surface area contributed by atoms with Gasteiger partial charge < -0.3 is 20.3 Å². The SMILES string of the molecule is CC(C)(C)OC(=O)NC1CN(c2ccnc(NC(=O)Nc3ccc(Br)cc3)c2)C1. The molecule has 0 atom stereocenters. The van der Waals surface area contributed by atoms with Crippen LogP contribution in [0.15, 0.2) is 47.1 Å². The molecule has 0 aliphatic carbocycles. The molecule has 0 spiro atoms. The van der Waals surface area contributed by atoms with Crippen LogP contribution in [0, 0.1) is 0 Å². The number of benzene rings is 1. The van der Waals surface area contributed by atoms with Gasteiger partial charge in [-0.3, -0.25) is 5.32 Å². The normalized spacial score (nSPS) is 14.0. The van der Waals surface area contributed by atoms with Gasteiger partial charge in [0.15, 0.2) is 0 Å². The van der Waals surface area contributed by atoms with Crippen molar-refractivity contribution in [3.8, 4) is 0 Å². The molecule has 1 aliphatic rings. The molecule has 3 rings (SSSR count). The molecule has 1 aromatic heterocycles. The second kappa shape index (κ2) is 8.69. The number of rotatable bonds is 4. The quantitative estimate of drug-likeness (QED) is 0.633. The Morgan fingerprint density at radius 2 is 1.83 bits per heavy atom. The number of halogens is 1. The van der Waals surface area contributed by atoms with Gasteiger partial charge >= 0.3 is 12.1 Å². The summed E-state index contributed by atoms with van der Waals surface area (Å²) >= 11 is 3.36. The van der Waals surface area contributed by atoms with Crippen molar-refractivity contribution >= 4 is 45.2 Å². The largest absolute Gasteiger partial charge is 0.444 e. The number of hydrogen-bond acceptors (Lipinski definition) is 5. The number of amides is 3. The molecular weight excluding hydrogens is 438 g/mol. The lowest BCUT2D eigenvalue weighted by atomic mass is 10.1. The zero-order valence-corrected chi connectivity index (χ0v) is 18.1. The number of hydrogen-bond donors (Lipinski definition) is 3. The summed E-state index contributed by atoms with van der Waals surface area (Å²) in [5, 5.41) is 8.33. The van der Waals surface area contributed by atoms with Crippen LogP contribution in [-0.4, -0.2) is 41.8 Å². The number of urea groups is 1. The number of carbonyl (C=O) groups excluding carboxylic acids is 2. The van der Waals surface area contributed by atoms with Gasteiger partial charge in [0.25, 0.3) is 0 Å². The van der Waals surface area contributed by atoms with Crippen molar-refractivity contribution in [3.63, 3.8) is 0 Å². The van der Waals surface area contributed by atoms with Crippen LogP contribution >= 0.6 is 15.9 Å². The van der Waals surface area contributed by atoms with E-state index >= 15 is 0 Å². The number of ether oxygens (including phenoxy) is 1. The van der Waals surface area contributed by atoms with E-state index in [-0.39, 0.29) is 12.1 Å². The van der Waals surface area contributed by atoms with Gasteiger partial charge in [-0.2, -0.15) is 0 Å². The Bertz CT molecular complexity index is 876. The fraction of sp³-hybridized carbons (Fsp3) is 0.350. The van der Waals surface area contributed by atoms with Crippen molar-refractivity contribution < 1.29 is 14.3 Å². The van der Waals surface area contributed by atoms with Gasteiger partial charge in [0.1, 0.15) is 11.4 Å². The average molecular weight is 462 g/mol. The lowest BCUT2D eigenvalue weighted by Gasteiger charge is -2.41. The Labute approximate surface area is 178 Å². The highest BCUT2D eigenvalue weighted by atomic mass is 79.9. The summed E-state index contributed by atoms with van der Waals surface area (Å²) in [5.41, 5.74) is 1.08. The van der Waals surface area contributed by atoms with E-state index in [1.165, 1.54) is 0 Å². The monoisotopic (exact) mass is 461 g/mol. The van der Waals surface area contributed by atoms with Crippen LogP contribution in [0.1, 0.15) is 20.8 Å². The van der Waals surface area contributed by atoms with E-state index in [1.807, 2.05) is 39.0 Å². The lowest BCUT2D eigenvalue weighted by Crippen LogP contribution is -2.60. The van der Waals surface area contributed by atoms with Gasteiger partial charge in [0.2, 0.25) is 0 Å². The lowest BCUT2D eigenvalue weighted by molar-refractivity contribution is 0.0496. The Kier molecular flexibility index (Phi) is 6.26. The number of alkyl carbamates (subject to hydrolysis) is 1. The molecule has 3 amide bonds. The van der Waals surface area contributed by atoms with Crippen LogP contribution in [0.5, 0.6) is 0 Å². The topological polar surface area (TPSA) is 95.6 Å². The Hall–Kier alpha value is -2.81. The first kappa shape index (κ1) is 20.9. The molecule has 0 bridgehead atoms. The molecule has 3 N–H and O–H groups in total. The van der Waals surface area contributed by atoms with E-state index < -0.39 is 11.7 Å². The Balaban J connectivity index is 1.49. The van der Waals surface area contributed by atoms with E-state index in [0.29, 0.717) is 24.6 Å². The third-order valence-corrected chi connectivity index (χ3v) is 4.58. The fourth-order valence-corrected chi connectivity index (χ4v) is 3.02. The van der Waals surface area contributed by atoms with Crippen LogP contribution in [0.2, 0.25) is 0 Å². The molecule has 0 radical (unpaired) electrons. The minimum atomic E-state index is -0.518. The average Bonchev–Trinajstić information content (AvgIpc) is 2.58. The van der Waals surface area contributed by atoms with Crippen molar-refractivity contribution in [2.24, 2.45) is 0 Å². The molecule has 154 valence electrons. The van der Waals surface area contributed by atoms with E-state index in [9.17, 15) is 9.59 Å². The minimum Gasteiger partial charge on any atom is -0.444 e. The van der Waals surface area contributed by atoms with Crippen molar-refractivity contribution in [1.29, 1.82) is 0 Å². The van der Waals surface area contributed by atoms with E-state index in [2.05, 4.69) is 41.8 Å². The first-order valence-corrected chi connectivity index (χ1v) is 10.0. The number of pyridine rings is 1. The number of nitrogens with one attached hydrogen (secondary N) is 3. The van der Waals surface area contributed by atoms with Crippen molar-refractivity contribution in [2.45, 2.75) is 32.4 Å². The summed E-state index contributed by atoms with van der Waals surface area (Å²) in [5.74, 6) is 0.445. The third kappa shape index (κ3) is 6.35. The zero-order chi connectivity index (χ0) is 21.0. The summed E-state index contributed by atoms with van der Waals surface area (Å²) in [4.78, 5) is 30.3. The van der Waals surface area contributed by atoms with Crippen LogP contribution in [0.3, 0.4) is 0 Å². The Morgan fingerprint density at radius 3 is 2.48 bits per heavy atom. The van der Waals surface area contributed by atoms with Gasteiger partial charge in [-0.1, -0.05) is 15.9 Å². The molecule has 1 aromatic carbocycles. The molecule has 2 aromatic rings. The summed E-state index contributed by atoms with van der Waals surface area (Å²) in [6.07, 6.45) is 1.22. The first-order valence-electron chi connectivity index (χ1n) is 9.22. The van der Waals surface area contributed by atoms with E-state index in [1.54, 1.807) is 24.4 Å². The van der Waals surface area contributed by atoms with Crippen LogP contribution in [-0.2, 0) is 4.74 Å². The minimum absolute atomic E-state index is 0.0233. The molecule has 8 nitrogen and oxygen atoms in total. The van der Waals surface area contributed by atoms with Gasteiger partial charge in [-0.25, -0.2) is 14.6 Å². The molecule has 1 aliphatic heterocycles. The summed E-state index contributed by atoms with van der Waals surface area (Å²) in [6.45, 7) is 6.82. The number of nitrogens with zero attached hydrogens (tertiary/aromatic N) is 2. The van der Waals surface area contributed by atoms with Crippen molar-refractivity contribution in [1.82, 2.24) is 10.3 Å². The number of carbonyl (C=O) groups is 2. The summed E-state index contributed by atoms with van der Waals surface area (Å²) < 4.78 is 6.20. The maximum atomic E-state index is 12.2. The van der Waals surface area contributed by atoms with Crippen LogP contribution in [0.4, 0.5) is 26.8 Å². The predicted octanol–water partition coefficient (Wildman–Crippen LogP) is 4.20. The van der Waals surface area contributed by atoms with Crippen molar-refractivity contribution in [2.75, 3.05) is 28.6 Å². The molecule has 0 unspecified atom stereocenters. The number of anilines is 3.